The second kappa shape index (κ2) is 6.79. The van der Waals surface area contributed by atoms with Crippen molar-refractivity contribution in [2.24, 2.45) is 0 Å². The summed E-state index contributed by atoms with van der Waals surface area (Å²) >= 11 is 1.54. The first-order valence-electron chi connectivity index (χ1n) is 6.63. The van der Waals surface area contributed by atoms with Gasteiger partial charge >= 0.3 is 0 Å². The average molecular weight is 297 g/mol. The standard InChI is InChI=1S/C15H17F2NOS/c1-10(17)12(6-4-8-16)15(19)18-14-9-11-5-2-3-7-13(11)20-14/h4,6,9H,2-3,5,7-8H2,1H3,(H,18,19)/b6-4-,12-10-. The lowest BCUT2D eigenvalue weighted by molar-refractivity contribution is -0.112. The summed E-state index contributed by atoms with van der Waals surface area (Å²) < 4.78 is 25.4. The number of rotatable bonds is 4. The van der Waals surface area contributed by atoms with Gasteiger partial charge in [0.1, 0.15) is 12.5 Å². The SMILES string of the molecule is C/C(F)=C(\C=C/CF)C(=O)Nc1cc2c(s1)CCCC2. The summed E-state index contributed by atoms with van der Waals surface area (Å²) in [6.45, 7) is 0.467. The Balaban J connectivity index is 2.12. The van der Waals surface area contributed by atoms with Gasteiger partial charge in [-0.1, -0.05) is 6.08 Å². The Hall–Kier alpha value is -1.49. The molecule has 0 radical (unpaired) electrons. The maximum Gasteiger partial charge on any atom is 0.258 e. The molecule has 1 amide bonds. The zero-order valence-corrected chi connectivity index (χ0v) is 12.2. The molecule has 5 heteroatoms. The summed E-state index contributed by atoms with van der Waals surface area (Å²) in [6, 6.07) is 1.96. The molecule has 0 aliphatic heterocycles. The highest BCUT2D eigenvalue weighted by molar-refractivity contribution is 7.16. The normalized spacial score (nSPS) is 15.9. The fraction of sp³-hybridized carbons (Fsp3) is 0.400. The fourth-order valence-corrected chi connectivity index (χ4v) is 3.39. The number of allylic oxidation sites excluding steroid dienone is 2. The van der Waals surface area contributed by atoms with E-state index in [4.69, 9.17) is 0 Å². The van der Waals surface area contributed by atoms with Gasteiger partial charge in [0.25, 0.3) is 5.91 Å². The first kappa shape index (κ1) is 14.9. The van der Waals surface area contributed by atoms with Crippen molar-refractivity contribution < 1.29 is 13.6 Å². The minimum atomic E-state index is -0.725. The molecule has 0 atom stereocenters. The number of anilines is 1. The number of halogens is 2. The monoisotopic (exact) mass is 297 g/mol. The number of carbonyl (C=O) groups excluding carboxylic acids is 1. The number of nitrogens with one attached hydrogen (secondary N) is 1. The van der Waals surface area contributed by atoms with Gasteiger partial charge in [-0.2, -0.15) is 0 Å². The highest BCUT2D eigenvalue weighted by Crippen LogP contribution is 2.33. The number of alkyl halides is 1. The molecule has 0 bridgehead atoms. The summed E-state index contributed by atoms with van der Waals surface area (Å²) in [5.74, 6) is -1.15. The molecule has 1 aliphatic rings. The van der Waals surface area contributed by atoms with Crippen LogP contribution in [0.1, 0.15) is 30.2 Å². The van der Waals surface area contributed by atoms with Crippen molar-refractivity contribution in [2.75, 3.05) is 12.0 Å². The van der Waals surface area contributed by atoms with Gasteiger partial charge in [-0.15, -0.1) is 11.3 Å². The van der Waals surface area contributed by atoms with Crippen molar-refractivity contribution in [1.82, 2.24) is 0 Å². The van der Waals surface area contributed by atoms with E-state index < -0.39 is 18.4 Å². The summed E-state index contributed by atoms with van der Waals surface area (Å²) in [5, 5.41) is 3.43. The summed E-state index contributed by atoms with van der Waals surface area (Å²) in [7, 11) is 0. The van der Waals surface area contributed by atoms with Crippen LogP contribution in [-0.2, 0) is 17.6 Å². The maximum absolute atomic E-state index is 13.3. The average Bonchev–Trinajstić information content (AvgIpc) is 2.80. The van der Waals surface area contributed by atoms with Gasteiger partial charge in [0, 0.05) is 4.88 Å². The lowest BCUT2D eigenvalue weighted by atomic mass is 10.00. The lowest BCUT2D eigenvalue weighted by Crippen LogP contribution is -2.13. The topological polar surface area (TPSA) is 29.1 Å². The summed E-state index contributed by atoms with van der Waals surface area (Å²) in [6.07, 6.45) is 6.73. The first-order valence-corrected chi connectivity index (χ1v) is 7.45. The third kappa shape index (κ3) is 3.54. The molecule has 20 heavy (non-hydrogen) atoms. The van der Waals surface area contributed by atoms with E-state index in [2.05, 4.69) is 5.32 Å². The van der Waals surface area contributed by atoms with Crippen LogP contribution >= 0.6 is 11.3 Å². The first-order chi connectivity index (χ1) is 9.61. The van der Waals surface area contributed by atoms with Crippen molar-refractivity contribution in [3.05, 3.63) is 40.1 Å². The van der Waals surface area contributed by atoms with Gasteiger partial charge in [0.05, 0.1) is 10.6 Å². The van der Waals surface area contributed by atoms with Crippen LogP contribution in [0.4, 0.5) is 13.8 Å². The highest BCUT2D eigenvalue weighted by atomic mass is 32.1. The highest BCUT2D eigenvalue weighted by Gasteiger charge is 2.16. The predicted molar refractivity (Wildman–Crippen MR) is 78.5 cm³/mol. The van der Waals surface area contributed by atoms with Crippen molar-refractivity contribution in [3.63, 3.8) is 0 Å². The van der Waals surface area contributed by atoms with Gasteiger partial charge in [0.15, 0.2) is 0 Å². The van der Waals surface area contributed by atoms with Gasteiger partial charge in [0.2, 0.25) is 0 Å². The van der Waals surface area contributed by atoms with E-state index in [-0.39, 0.29) is 5.57 Å². The Morgan fingerprint density at radius 2 is 2.20 bits per heavy atom. The van der Waals surface area contributed by atoms with E-state index in [1.807, 2.05) is 6.07 Å². The van der Waals surface area contributed by atoms with E-state index >= 15 is 0 Å². The van der Waals surface area contributed by atoms with E-state index in [0.29, 0.717) is 0 Å². The van der Waals surface area contributed by atoms with Crippen molar-refractivity contribution in [3.8, 4) is 0 Å². The number of amides is 1. The number of thiophene rings is 1. The van der Waals surface area contributed by atoms with E-state index in [0.717, 1.165) is 23.9 Å². The molecule has 108 valence electrons. The van der Waals surface area contributed by atoms with Crippen molar-refractivity contribution in [2.45, 2.75) is 32.6 Å². The van der Waals surface area contributed by atoms with Gasteiger partial charge in [-0.05, 0) is 50.3 Å². The Bertz CT molecular complexity index is 533. The van der Waals surface area contributed by atoms with Gasteiger partial charge in [-0.3, -0.25) is 4.79 Å². The van der Waals surface area contributed by atoms with Crippen LogP contribution in [0.2, 0.25) is 0 Å². The number of carbonyl (C=O) groups is 1. The Morgan fingerprint density at radius 1 is 1.45 bits per heavy atom. The molecule has 0 spiro atoms. The molecule has 1 aromatic rings. The molecule has 0 saturated carbocycles. The van der Waals surface area contributed by atoms with Crippen LogP contribution in [0.25, 0.3) is 0 Å². The number of fused-ring (bicyclic) bond motifs is 1. The quantitative estimate of drug-likeness (QED) is 0.650. The molecule has 1 heterocycles. The smallest absolute Gasteiger partial charge is 0.258 e. The lowest BCUT2D eigenvalue weighted by Gasteiger charge is -2.08. The molecule has 2 nitrogen and oxygen atoms in total. The molecule has 2 rings (SSSR count). The minimum Gasteiger partial charge on any atom is -0.313 e. The molecule has 0 saturated heterocycles. The van der Waals surface area contributed by atoms with E-state index in [1.165, 1.54) is 36.3 Å². The number of aryl methyl sites for hydroxylation is 2. The third-order valence-corrected chi connectivity index (χ3v) is 4.38. The van der Waals surface area contributed by atoms with Crippen LogP contribution in [0.3, 0.4) is 0 Å². The largest absolute Gasteiger partial charge is 0.313 e. The van der Waals surface area contributed by atoms with Crippen LogP contribution in [0.15, 0.2) is 29.6 Å². The zero-order valence-electron chi connectivity index (χ0n) is 11.3. The minimum absolute atomic E-state index is 0.131. The molecular weight excluding hydrogens is 280 g/mol. The van der Waals surface area contributed by atoms with E-state index in [1.54, 1.807) is 11.3 Å². The Labute approximate surface area is 121 Å². The zero-order chi connectivity index (χ0) is 14.5. The summed E-state index contributed by atoms with van der Waals surface area (Å²) in [4.78, 5) is 13.3. The fourth-order valence-electron chi connectivity index (χ4n) is 2.24. The Morgan fingerprint density at radius 3 is 2.85 bits per heavy atom. The van der Waals surface area contributed by atoms with E-state index in [9.17, 15) is 13.6 Å². The molecular formula is C15H17F2NOS. The van der Waals surface area contributed by atoms with Crippen LogP contribution in [-0.4, -0.2) is 12.6 Å². The molecule has 1 aliphatic carbocycles. The van der Waals surface area contributed by atoms with Crippen LogP contribution < -0.4 is 5.32 Å². The predicted octanol–water partition coefficient (Wildman–Crippen LogP) is 4.33. The number of hydrogen-bond acceptors (Lipinski definition) is 2. The molecule has 0 unspecified atom stereocenters. The van der Waals surface area contributed by atoms with Crippen molar-refractivity contribution >= 4 is 22.2 Å². The third-order valence-electron chi connectivity index (χ3n) is 3.22. The van der Waals surface area contributed by atoms with Gasteiger partial charge in [-0.25, -0.2) is 8.78 Å². The second-order valence-corrected chi connectivity index (χ2v) is 5.86. The van der Waals surface area contributed by atoms with Crippen LogP contribution in [0.5, 0.6) is 0 Å². The molecule has 0 fully saturated rings. The summed E-state index contributed by atoms with van der Waals surface area (Å²) in [5.41, 5.74) is 1.15. The Kier molecular flexibility index (Phi) is 5.06. The molecule has 1 N–H and O–H groups in total. The molecule has 1 aromatic heterocycles. The second-order valence-electron chi connectivity index (χ2n) is 4.72. The van der Waals surface area contributed by atoms with Gasteiger partial charge < -0.3 is 5.32 Å². The van der Waals surface area contributed by atoms with Crippen molar-refractivity contribution in [1.29, 1.82) is 0 Å². The number of hydrogen-bond donors (Lipinski definition) is 1. The maximum atomic E-state index is 13.3. The van der Waals surface area contributed by atoms with Crippen LogP contribution in [0, 0.1) is 0 Å². The molecule has 0 aromatic carbocycles.